The molecular weight excluding hydrogens is 391 g/mol. The van der Waals surface area contributed by atoms with Crippen LogP contribution in [-0.4, -0.2) is 30.4 Å². The number of nitrogens with two attached hydrogens (primary N) is 1. The molecule has 7 nitrogen and oxygen atoms in total. The number of aryl methyl sites for hydroxylation is 1. The van der Waals surface area contributed by atoms with E-state index in [1.807, 2.05) is 13.0 Å². The minimum Gasteiger partial charge on any atom is -0.457 e. The molecule has 4 N–H and O–H groups in total. The van der Waals surface area contributed by atoms with E-state index in [0.29, 0.717) is 17.2 Å². The minimum absolute atomic E-state index is 0. The zero-order valence-electron chi connectivity index (χ0n) is 15.3. The first-order valence-electron chi connectivity index (χ1n) is 7.92. The molecule has 1 unspecified atom stereocenters. The Bertz CT molecular complexity index is 787. The van der Waals surface area contributed by atoms with Gasteiger partial charge in [0.1, 0.15) is 17.2 Å². The number of amides is 2. The van der Waals surface area contributed by atoms with Crippen LogP contribution < -0.4 is 21.1 Å². The van der Waals surface area contributed by atoms with Crippen LogP contribution in [0.3, 0.4) is 0 Å². The van der Waals surface area contributed by atoms with Crippen LogP contribution in [0, 0.1) is 12.8 Å². The highest BCUT2D eigenvalue weighted by molar-refractivity contribution is 5.93. The van der Waals surface area contributed by atoms with E-state index in [-0.39, 0.29) is 54.8 Å². The summed E-state index contributed by atoms with van der Waals surface area (Å²) in [6.45, 7) is 3.93. The summed E-state index contributed by atoms with van der Waals surface area (Å²) in [6, 6.07) is 8.59. The number of hydrogen-bond acceptors (Lipinski definition) is 5. The van der Waals surface area contributed by atoms with Crippen LogP contribution in [-0.2, 0) is 4.79 Å². The molecule has 0 saturated heterocycles. The van der Waals surface area contributed by atoms with Crippen molar-refractivity contribution in [3.8, 4) is 11.5 Å². The molecule has 1 atom stereocenters. The lowest BCUT2D eigenvalue weighted by molar-refractivity contribution is -0.119. The summed E-state index contributed by atoms with van der Waals surface area (Å²) in [5.74, 6) is 0.339. The van der Waals surface area contributed by atoms with Crippen molar-refractivity contribution < 1.29 is 14.3 Å². The van der Waals surface area contributed by atoms with Gasteiger partial charge in [0.15, 0.2) is 0 Å². The summed E-state index contributed by atoms with van der Waals surface area (Å²) in [4.78, 5) is 27.6. The van der Waals surface area contributed by atoms with Gasteiger partial charge in [-0.3, -0.25) is 14.6 Å². The van der Waals surface area contributed by atoms with Gasteiger partial charge in [0, 0.05) is 43.5 Å². The number of carbonyl (C=O) groups is 2. The Morgan fingerprint density at radius 2 is 1.93 bits per heavy atom. The average molecular weight is 415 g/mol. The lowest BCUT2D eigenvalue weighted by Gasteiger charge is -2.13. The van der Waals surface area contributed by atoms with Crippen molar-refractivity contribution in [2.24, 2.45) is 11.7 Å². The highest BCUT2D eigenvalue weighted by atomic mass is 35.5. The fraction of sp³-hybridized carbons (Fsp3) is 0.278. The van der Waals surface area contributed by atoms with Crippen LogP contribution in [0.15, 0.2) is 36.5 Å². The zero-order chi connectivity index (χ0) is 18.4. The minimum atomic E-state index is -0.293. The number of nitrogens with zero attached hydrogens (tertiary/aromatic N) is 1. The molecule has 2 rings (SSSR count). The van der Waals surface area contributed by atoms with Crippen LogP contribution in [0.1, 0.15) is 23.0 Å². The number of benzene rings is 1. The predicted octanol–water partition coefficient (Wildman–Crippen LogP) is 2.92. The molecule has 0 spiro atoms. The number of halogens is 2. The number of rotatable bonds is 6. The Hall–Kier alpha value is -2.35. The van der Waals surface area contributed by atoms with E-state index in [0.717, 1.165) is 5.56 Å². The maximum absolute atomic E-state index is 12.0. The molecule has 27 heavy (non-hydrogen) atoms. The second-order valence-corrected chi connectivity index (χ2v) is 5.66. The first kappa shape index (κ1) is 24.7. The normalized spacial score (nSPS) is 10.7. The molecule has 1 heterocycles. The van der Waals surface area contributed by atoms with Gasteiger partial charge in [-0.2, -0.15) is 0 Å². The SMILES string of the molecule is CNC(=O)c1cc(Oc2cc(NC(=O)C(C)CN)ccc2C)ccn1.Cl.Cl. The standard InChI is InChI=1S/C18H22N4O3.2ClH/c1-11-4-5-13(22-17(23)12(2)10-19)8-16(11)25-14-6-7-21-15(9-14)18(24)20-3;;/h4-9,12H,10,19H2,1-3H3,(H,20,24)(H,22,23);2*1H. The van der Waals surface area contributed by atoms with E-state index in [1.54, 1.807) is 31.2 Å². The number of carbonyl (C=O) groups excluding carboxylic acids is 2. The van der Waals surface area contributed by atoms with Crippen LogP contribution in [0.2, 0.25) is 0 Å². The van der Waals surface area contributed by atoms with Crippen LogP contribution >= 0.6 is 24.8 Å². The lowest BCUT2D eigenvalue weighted by Crippen LogP contribution is -2.26. The van der Waals surface area contributed by atoms with Gasteiger partial charge in [0.25, 0.3) is 5.91 Å². The molecule has 0 aliphatic heterocycles. The number of aromatic nitrogens is 1. The summed E-state index contributed by atoms with van der Waals surface area (Å²) >= 11 is 0. The van der Waals surface area contributed by atoms with Crippen molar-refractivity contribution in [1.29, 1.82) is 0 Å². The highest BCUT2D eigenvalue weighted by Crippen LogP contribution is 2.28. The Balaban J connectivity index is 0.00000338. The van der Waals surface area contributed by atoms with Crippen molar-refractivity contribution in [3.05, 3.63) is 47.8 Å². The Morgan fingerprint density at radius 3 is 2.56 bits per heavy atom. The third kappa shape index (κ3) is 6.71. The maximum atomic E-state index is 12.0. The Morgan fingerprint density at radius 1 is 1.22 bits per heavy atom. The molecule has 0 fully saturated rings. The zero-order valence-corrected chi connectivity index (χ0v) is 16.9. The number of hydrogen-bond donors (Lipinski definition) is 3. The first-order chi connectivity index (χ1) is 11.9. The molecule has 1 aromatic carbocycles. The molecule has 0 radical (unpaired) electrons. The van der Waals surface area contributed by atoms with E-state index in [9.17, 15) is 9.59 Å². The van der Waals surface area contributed by atoms with E-state index in [4.69, 9.17) is 10.5 Å². The van der Waals surface area contributed by atoms with Gasteiger partial charge in [-0.25, -0.2) is 0 Å². The van der Waals surface area contributed by atoms with E-state index in [1.165, 1.54) is 13.2 Å². The maximum Gasteiger partial charge on any atom is 0.269 e. The highest BCUT2D eigenvalue weighted by Gasteiger charge is 2.12. The molecule has 1 aromatic heterocycles. The number of anilines is 1. The molecule has 0 bridgehead atoms. The van der Waals surface area contributed by atoms with E-state index >= 15 is 0 Å². The van der Waals surface area contributed by atoms with Crippen LogP contribution in [0.25, 0.3) is 0 Å². The van der Waals surface area contributed by atoms with Crippen molar-refractivity contribution >= 4 is 42.3 Å². The van der Waals surface area contributed by atoms with Gasteiger partial charge in [-0.1, -0.05) is 13.0 Å². The van der Waals surface area contributed by atoms with Crippen molar-refractivity contribution in [1.82, 2.24) is 10.3 Å². The monoisotopic (exact) mass is 414 g/mol. The van der Waals surface area contributed by atoms with Crippen LogP contribution in [0.5, 0.6) is 11.5 Å². The largest absolute Gasteiger partial charge is 0.457 e. The van der Waals surface area contributed by atoms with Crippen molar-refractivity contribution in [2.75, 3.05) is 18.9 Å². The third-order valence-corrected chi connectivity index (χ3v) is 3.68. The molecule has 148 valence electrons. The molecular formula is C18H24Cl2N4O3. The van der Waals surface area contributed by atoms with E-state index in [2.05, 4.69) is 15.6 Å². The number of pyridine rings is 1. The summed E-state index contributed by atoms with van der Waals surface area (Å²) in [7, 11) is 1.54. The molecule has 0 saturated carbocycles. The second kappa shape index (κ2) is 11.4. The number of nitrogens with one attached hydrogen (secondary N) is 2. The van der Waals surface area contributed by atoms with Crippen molar-refractivity contribution in [2.45, 2.75) is 13.8 Å². The van der Waals surface area contributed by atoms with Gasteiger partial charge < -0.3 is 21.1 Å². The third-order valence-electron chi connectivity index (χ3n) is 3.68. The lowest BCUT2D eigenvalue weighted by atomic mass is 10.1. The fourth-order valence-electron chi connectivity index (χ4n) is 2.01. The summed E-state index contributed by atoms with van der Waals surface area (Å²) in [6.07, 6.45) is 1.50. The smallest absolute Gasteiger partial charge is 0.269 e. The number of ether oxygens (including phenoxy) is 1. The van der Waals surface area contributed by atoms with Crippen molar-refractivity contribution in [3.63, 3.8) is 0 Å². The average Bonchev–Trinajstić information content (AvgIpc) is 2.63. The summed E-state index contributed by atoms with van der Waals surface area (Å²) in [5.41, 5.74) is 7.28. The van der Waals surface area contributed by atoms with Gasteiger partial charge in [0.05, 0.1) is 0 Å². The van der Waals surface area contributed by atoms with Gasteiger partial charge in [-0.15, -0.1) is 24.8 Å². The molecule has 2 amide bonds. The Labute approximate surface area is 170 Å². The van der Waals surface area contributed by atoms with Crippen LogP contribution in [0.4, 0.5) is 5.69 Å². The molecule has 9 heteroatoms. The molecule has 2 aromatic rings. The van der Waals surface area contributed by atoms with Gasteiger partial charge in [-0.05, 0) is 24.6 Å². The molecule has 0 aliphatic rings. The Kier molecular flexibility index (Phi) is 10.4. The van der Waals surface area contributed by atoms with Gasteiger partial charge >= 0.3 is 0 Å². The fourth-order valence-corrected chi connectivity index (χ4v) is 2.01. The first-order valence-corrected chi connectivity index (χ1v) is 7.92. The summed E-state index contributed by atoms with van der Waals surface area (Å²) < 4.78 is 5.86. The second-order valence-electron chi connectivity index (χ2n) is 5.66. The quantitative estimate of drug-likeness (QED) is 0.673. The molecule has 0 aliphatic carbocycles. The topological polar surface area (TPSA) is 106 Å². The predicted molar refractivity (Wildman–Crippen MR) is 110 cm³/mol. The van der Waals surface area contributed by atoms with Gasteiger partial charge in [0.2, 0.25) is 5.91 Å². The van der Waals surface area contributed by atoms with E-state index < -0.39 is 0 Å². The summed E-state index contributed by atoms with van der Waals surface area (Å²) in [5, 5.41) is 5.33.